The zero-order valence-corrected chi connectivity index (χ0v) is 9.47. The highest BCUT2D eigenvalue weighted by molar-refractivity contribution is 5.89. The topological polar surface area (TPSA) is 93.2 Å². The van der Waals surface area contributed by atoms with Crippen molar-refractivity contribution in [3.8, 4) is 17.9 Å². The number of esters is 1. The van der Waals surface area contributed by atoms with Crippen molar-refractivity contribution in [2.75, 3.05) is 6.61 Å². The Balaban J connectivity index is 3.08. The maximum Gasteiger partial charge on any atom is 0.384 e. The highest BCUT2D eigenvalue weighted by atomic mass is 16.6. The molecular weight excluding hydrogens is 236 g/mol. The van der Waals surface area contributed by atoms with Crippen LogP contribution in [0.4, 0.5) is 5.69 Å². The van der Waals surface area contributed by atoms with Crippen molar-refractivity contribution in [1.29, 1.82) is 5.26 Å². The van der Waals surface area contributed by atoms with Crippen LogP contribution in [-0.4, -0.2) is 17.5 Å². The van der Waals surface area contributed by atoms with Crippen LogP contribution in [0.15, 0.2) is 18.2 Å². The number of carbonyl (C=O) groups excluding carboxylic acids is 1. The van der Waals surface area contributed by atoms with Crippen molar-refractivity contribution >= 4 is 11.7 Å². The Kier molecular flexibility index (Phi) is 4.42. The Morgan fingerprint density at radius 3 is 2.78 bits per heavy atom. The third kappa shape index (κ3) is 3.32. The van der Waals surface area contributed by atoms with Crippen molar-refractivity contribution in [1.82, 2.24) is 0 Å². The largest absolute Gasteiger partial charge is 0.456 e. The van der Waals surface area contributed by atoms with Crippen molar-refractivity contribution in [2.45, 2.75) is 6.92 Å². The molecule has 0 bridgehead atoms. The molecule has 6 nitrogen and oxygen atoms in total. The van der Waals surface area contributed by atoms with Crippen molar-refractivity contribution in [2.24, 2.45) is 0 Å². The van der Waals surface area contributed by atoms with E-state index in [-0.39, 0.29) is 23.4 Å². The number of hydrogen-bond donors (Lipinski definition) is 0. The molecule has 0 spiro atoms. The maximum absolute atomic E-state index is 11.0. The molecule has 1 aromatic carbocycles. The normalized spacial score (nSPS) is 8.67. The average Bonchev–Trinajstić information content (AvgIpc) is 2.36. The minimum atomic E-state index is -0.709. The molecule has 0 heterocycles. The first-order valence-electron chi connectivity index (χ1n) is 4.95. The van der Waals surface area contributed by atoms with Gasteiger partial charge in [0, 0.05) is 23.6 Å². The van der Waals surface area contributed by atoms with Crippen LogP contribution >= 0.6 is 0 Å². The zero-order chi connectivity index (χ0) is 13.5. The Bertz CT molecular complexity index is 590. The summed E-state index contributed by atoms with van der Waals surface area (Å²) in [5.74, 6) is 3.93. The first kappa shape index (κ1) is 13.2. The molecule has 0 aromatic heterocycles. The molecule has 0 N–H and O–H groups in total. The zero-order valence-electron chi connectivity index (χ0n) is 9.47. The van der Waals surface area contributed by atoms with Crippen LogP contribution in [0.1, 0.15) is 18.1 Å². The average molecular weight is 244 g/mol. The summed E-state index contributed by atoms with van der Waals surface area (Å²) < 4.78 is 4.60. The fraction of sp³-hybridized carbons (Fsp3) is 0.167. The van der Waals surface area contributed by atoms with Crippen molar-refractivity contribution < 1.29 is 14.5 Å². The lowest BCUT2D eigenvalue weighted by atomic mass is 10.1. The number of benzene rings is 1. The Morgan fingerprint density at radius 1 is 1.50 bits per heavy atom. The molecule has 0 fully saturated rings. The molecule has 0 radical (unpaired) electrons. The molecule has 0 saturated carbocycles. The Labute approximate surface area is 103 Å². The number of nitro benzene ring substituents is 1. The molecule has 90 valence electrons. The number of ether oxygens (including phenoxy) is 1. The van der Waals surface area contributed by atoms with E-state index in [2.05, 4.69) is 16.6 Å². The SMILES string of the molecule is CCOC(=O)C#Cc1ccc([N+](=O)[O-])cc1C#N. The van der Waals surface area contributed by atoms with Crippen LogP contribution in [0.3, 0.4) is 0 Å². The molecule has 0 aliphatic rings. The summed E-state index contributed by atoms with van der Waals surface area (Å²) in [5, 5.41) is 19.4. The summed E-state index contributed by atoms with van der Waals surface area (Å²) in [5.41, 5.74) is 0.0883. The minimum Gasteiger partial charge on any atom is -0.456 e. The lowest BCUT2D eigenvalue weighted by Crippen LogP contribution is -1.99. The van der Waals surface area contributed by atoms with E-state index in [1.807, 2.05) is 0 Å². The fourth-order valence-electron chi connectivity index (χ4n) is 1.13. The second kappa shape index (κ2) is 6.02. The number of nitrogens with zero attached hydrogens (tertiary/aromatic N) is 2. The van der Waals surface area contributed by atoms with Crippen molar-refractivity contribution in [3.05, 3.63) is 39.4 Å². The molecule has 0 amide bonds. The van der Waals surface area contributed by atoms with E-state index >= 15 is 0 Å². The molecule has 1 aromatic rings. The van der Waals surface area contributed by atoms with Gasteiger partial charge in [-0.1, -0.05) is 5.92 Å². The van der Waals surface area contributed by atoms with Gasteiger partial charge in [-0.3, -0.25) is 10.1 Å². The summed E-state index contributed by atoms with van der Waals surface area (Å²) >= 11 is 0. The standard InChI is InChI=1S/C12H8N2O4/c1-2-18-12(15)6-4-9-3-5-11(14(16)17)7-10(9)8-13/h3,5,7H,2H2,1H3. The first-order chi connectivity index (χ1) is 8.58. The van der Waals surface area contributed by atoms with E-state index in [0.717, 1.165) is 6.07 Å². The predicted molar refractivity (Wildman–Crippen MR) is 61.3 cm³/mol. The summed E-state index contributed by atoms with van der Waals surface area (Å²) in [4.78, 5) is 20.9. The molecule has 1 rings (SSSR count). The Hall–Kier alpha value is -2.86. The number of hydrogen-bond acceptors (Lipinski definition) is 5. The summed E-state index contributed by atoms with van der Waals surface area (Å²) in [7, 11) is 0. The van der Waals surface area contributed by atoms with E-state index < -0.39 is 10.9 Å². The van der Waals surface area contributed by atoms with Gasteiger partial charge in [-0.25, -0.2) is 4.79 Å². The molecule has 0 aliphatic heterocycles. The number of rotatable bonds is 2. The van der Waals surface area contributed by atoms with Gasteiger partial charge in [0.2, 0.25) is 0 Å². The highest BCUT2D eigenvalue weighted by Gasteiger charge is 2.09. The van der Waals surface area contributed by atoms with Crippen LogP contribution in [0, 0.1) is 33.3 Å². The van der Waals surface area contributed by atoms with Crippen LogP contribution in [0.2, 0.25) is 0 Å². The van der Waals surface area contributed by atoms with E-state index in [9.17, 15) is 14.9 Å². The number of non-ortho nitro benzene ring substituents is 1. The van der Waals surface area contributed by atoms with E-state index in [0.29, 0.717) is 0 Å². The minimum absolute atomic E-state index is 0.0426. The molecule has 0 saturated heterocycles. The van der Waals surface area contributed by atoms with Crippen LogP contribution in [0.5, 0.6) is 0 Å². The first-order valence-corrected chi connectivity index (χ1v) is 4.95. The smallest absolute Gasteiger partial charge is 0.384 e. The third-order valence-electron chi connectivity index (χ3n) is 1.91. The van der Waals surface area contributed by atoms with Crippen LogP contribution in [-0.2, 0) is 9.53 Å². The molecule has 18 heavy (non-hydrogen) atoms. The monoisotopic (exact) mass is 244 g/mol. The number of nitriles is 1. The van der Waals surface area contributed by atoms with Crippen LogP contribution in [0.25, 0.3) is 0 Å². The summed E-state index contributed by atoms with van der Waals surface area (Å²) in [6.45, 7) is 1.85. The van der Waals surface area contributed by atoms with Gasteiger partial charge >= 0.3 is 5.97 Å². The van der Waals surface area contributed by atoms with Crippen molar-refractivity contribution in [3.63, 3.8) is 0 Å². The quantitative estimate of drug-likeness (QED) is 0.339. The van der Waals surface area contributed by atoms with E-state index in [1.54, 1.807) is 13.0 Å². The van der Waals surface area contributed by atoms with Gasteiger partial charge in [-0.05, 0) is 13.0 Å². The van der Waals surface area contributed by atoms with Gasteiger partial charge in [0.1, 0.15) is 6.07 Å². The van der Waals surface area contributed by atoms with E-state index in [4.69, 9.17) is 5.26 Å². The predicted octanol–water partition coefficient (Wildman–Crippen LogP) is 1.38. The lowest BCUT2D eigenvalue weighted by Gasteiger charge is -1.95. The van der Waals surface area contributed by atoms with Crippen LogP contribution < -0.4 is 0 Å². The molecule has 0 atom stereocenters. The maximum atomic E-state index is 11.0. The summed E-state index contributed by atoms with van der Waals surface area (Å²) in [6.07, 6.45) is 0. The van der Waals surface area contributed by atoms with Gasteiger partial charge in [-0.15, -0.1) is 0 Å². The Morgan fingerprint density at radius 2 is 2.22 bits per heavy atom. The lowest BCUT2D eigenvalue weighted by molar-refractivity contribution is -0.384. The van der Waals surface area contributed by atoms with Gasteiger partial charge < -0.3 is 4.74 Å². The molecule has 0 unspecified atom stereocenters. The number of nitro groups is 1. The molecule has 0 aliphatic carbocycles. The van der Waals surface area contributed by atoms with E-state index in [1.165, 1.54) is 12.1 Å². The van der Waals surface area contributed by atoms with Gasteiger partial charge in [0.25, 0.3) is 5.69 Å². The molecular formula is C12H8N2O4. The second-order valence-electron chi connectivity index (χ2n) is 3.07. The summed E-state index contributed by atoms with van der Waals surface area (Å²) in [6, 6.07) is 5.43. The molecule has 6 heteroatoms. The fourth-order valence-corrected chi connectivity index (χ4v) is 1.13. The highest BCUT2D eigenvalue weighted by Crippen LogP contribution is 2.16. The van der Waals surface area contributed by atoms with Gasteiger partial charge in [0.15, 0.2) is 0 Å². The van der Waals surface area contributed by atoms with Gasteiger partial charge in [-0.2, -0.15) is 5.26 Å². The number of carbonyl (C=O) groups is 1. The second-order valence-corrected chi connectivity index (χ2v) is 3.07. The third-order valence-corrected chi connectivity index (χ3v) is 1.91. The van der Waals surface area contributed by atoms with Gasteiger partial charge in [0.05, 0.1) is 17.1 Å².